The summed E-state index contributed by atoms with van der Waals surface area (Å²) < 4.78 is 0. The van der Waals surface area contributed by atoms with Gasteiger partial charge < -0.3 is 0 Å². The molecule has 0 N–H and O–H groups in total. The van der Waals surface area contributed by atoms with Gasteiger partial charge in [0.1, 0.15) is 0 Å². The van der Waals surface area contributed by atoms with Crippen LogP contribution in [0, 0.1) is 10.1 Å². The largest absolute Gasteiger partial charge is 0.269 e. The van der Waals surface area contributed by atoms with Gasteiger partial charge in [0.25, 0.3) is 5.69 Å². The van der Waals surface area contributed by atoms with Gasteiger partial charge in [0.2, 0.25) is 5.82 Å². The maximum absolute atomic E-state index is 10.6. The second-order valence-corrected chi connectivity index (χ2v) is 5.28. The molecule has 1 aromatic carbocycles. The summed E-state index contributed by atoms with van der Waals surface area (Å²) in [4.78, 5) is 11.8. The van der Waals surface area contributed by atoms with Crippen LogP contribution >= 0.6 is 0 Å². The first-order valence-electron chi connectivity index (χ1n) is 7.73. The number of aryl methyl sites for hydroxylation is 1. The molecule has 1 heterocycles. The molecule has 0 fully saturated rings. The Labute approximate surface area is 129 Å². The third-order valence-electron chi connectivity index (χ3n) is 3.50. The highest BCUT2D eigenvalue weighted by Crippen LogP contribution is 2.18. The van der Waals surface area contributed by atoms with Crippen molar-refractivity contribution in [2.24, 2.45) is 0 Å². The summed E-state index contributed by atoms with van der Waals surface area (Å²) in [6.07, 6.45) is 7.30. The number of hydrogen-bond donors (Lipinski definition) is 0. The van der Waals surface area contributed by atoms with Gasteiger partial charge in [-0.15, -0.1) is 10.2 Å². The van der Waals surface area contributed by atoms with Gasteiger partial charge in [-0.2, -0.15) is 4.80 Å². The van der Waals surface area contributed by atoms with E-state index < -0.39 is 4.92 Å². The Morgan fingerprint density at radius 1 is 1.09 bits per heavy atom. The molecule has 1 aromatic heterocycles. The lowest BCUT2D eigenvalue weighted by Crippen LogP contribution is -2.02. The van der Waals surface area contributed by atoms with E-state index in [4.69, 9.17) is 0 Å². The maximum atomic E-state index is 10.6. The first-order chi connectivity index (χ1) is 10.7. The molecule has 0 aliphatic heterocycles. The van der Waals surface area contributed by atoms with Crippen LogP contribution in [0.15, 0.2) is 24.3 Å². The van der Waals surface area contributed by atoms with Gasteiger partial charge in [-0.05, 0) is 23.8 Å². The van der Waals surface area contributed by atoms with E-state index in [2.05, 4.69) is 22.3 Å². The minimum Gasteiger partial charge on any atom is -0.258 e. The Hall–Kier alpha value is -2.31. The highest BCUT2D eigenvalue weighted by atomic mass is 16.6. The molecule has 118 valence electrons. The number of benzene rings is 1. The molecule has 0 amide bonds. The Kier molecular flexibility index (Phi) is 6.00. The van der Waals surface area contributed by atoms with Crippen molar-refractivity contribution in [3.8, 4) is 11.4 Å². The zero-order valence-electron chi connectivity index (χ0n) is 12.8. The number of non-ortho nitro benzene ring substituents is 1. The van der Waals surface area contributed by atoms with Crippen LogP contribution in [0.3, 0.4) is 0 Å². The summed E-state index contributed by atoms with van der Waals surface area (Å²) >= 11 is 0. The van der Waals surface area contributed by atoms with Crippen LogP contribution in [0.25, 0.3) is 11.4 Å². The summed E-state index contributed by atoms with van der Waals surface area (Å²) in [5.41, 5.74) is 0.794. The fourth-order valence-corrected chi connectivity index (χ4v) is 2.22. The van der Waals surface area contributed by atoms with Gasteiger partial charge in [0, 0.05) is 17.7 Å². The van der Waals surface area contributed by atoms with Gasteiger partial charge in [0.05, 0.1) is 11.5 Å². The van der Waals surface area contributed by atoms with Gasteiger partial charge >= 0.3 is 0 Å². The summed E-state index contributed by atoms with van der Waals surface area (Å²) in [5, 5.41) is 23.0. The smallest absolute Gasteiger partial charge is 0.258 e. The first-order valence-corrected chi connectivity index (χ1v) is 7.73. The van der Waals surface area contributed by atoms with Crippen LogP contribution in [0.5, 0.6) is 0 Å². The zero-order valence-corrected chi connectivity index (χ0v) is 12.8. The van der Waals surface area contributed by atoms with Gasteiger partial charge in [-0.25, -0.2) is 0 Å². The number of rotatable bonds is 9. The number of nitro groups is 1. The summed E-state index contributed by atoms with van der Waals surface area (Å²) in [7, 11) is 0. The van der Waals surface area contributed by atoms with Gasteiger partial charge in [-0.1, -0.05) is 39.0 Å². The first kappa shape index (κ1) is 16.1. The average molecular weight is 303 g/mol. The number of hydrogen-bond acceptors (Lipinski definition) is 5. The Morgan fingerprint density at radius 2 is 1.77 bits per heavy atom. The predicted octanol–water partition coefficient (Wildman–Crippen LogP) is 3.61. The number of nitro benzene ring substituents is 1. The number of nitrogens with zero attached hydrogens (tertiary/aromatic N) is 5. The van der Waals surface area contributed by atoms with Crippen LogP contribution in [0.2, 0.25) is 0 Å². The van der Waals surface area contributed by atoms with E-state index in [-0.39, 0.29) is 5.69 Å². The Morgan fingerprint density at radius 3 is 2.45 bits per heavy atom. The Balaban J connectivity index is 1.84. The van der Waals surface area contributed by atoms with E-state index in [1.807, 2.05) is 0 Å². The van der Waals surface area contributed by atoms with Gasteiger partial charge in [-0.3, -0.25) is 10.1 Å². The van der Waals surface area contributed by atoms with Crippen molar-refractivity contribution in [1.82, 2.24) is 20.2 Å². The molecule has 22 heavy (non-hydrogen) atoms. The zero-order chi connectivity index (χ0) is 15.8. The molecule has 0 aliphatic rings. The minimum absolute atomic E-state index is 0.0585. The molecule has 0 bridgehead atoms. The number of aromatic nitrogens is 4. The van der Waals surface area contributed by atoms with Crippen LogP contribution in [0.1, 0.15) is 45.4 Å². The maximum Gasteiger partial charge on any atom is 0.269 e. The van der Waals surface area contributed by atoms with Crippen LogP contribution in [-0.4, -0.2) is 25.1 Å². The third kappa shape index (κ3) is 4.61. The van der Waals surface area contributed by atoms with E-state index >= 15 is 0 Å². The van der Waals surface area contributed by atoms with Crippen LogP contribution < -0.4 is 0 Å². The molecule has 2 rings (SSSR count). The van der Waals surface area contributed by atoms with Crippen molar-refractivity contribution in [1.29, 1.82) is 0 Å². The van der Waals surface area contributed by atoms with E-state index in [9.17, 15) is 10.1 Å². The lowest BCUT2D eigenvalue weighted by atomic mass is 10.1. The van der Waals surface area contributed by atoms with Crippen LogP contribution in [-0.2, 0) is 6.54 Å². The molecule has 0 atom stereocenters. The van der Waals surface area contributed by atoms with E-state index in [0.717, 1.165) is 18.5 Å². The quantitative estimate of drug-likeness (QED) is 0.401. The molecule has 0 aliphatic carbocycles. The van der Waals surface area contributed by atoms with Gasteiger partial charge in [0.15, 0.2) is 0 Å². The second-order valence-electron chi connectivity index (χ2n) is 5.28. The summed E-state index contributed by atoms with van der Waals surface area (Å²) in [6, 6.07) is 6.18. The monoisotopic (exact) mass is 303 g/mol. The molecule has 0 radical (unpaired) electrons. The molecule has 7 nitrogen and oxygen atoms in total. The molecule has 7 heteroatoms. The van der Waals surface area contributed by atoms with Crippen LogP contribution in [0.4, 0.5) is 5.69 Å². The molecule has 0 unspecified atom stereocenters. The van der Waals surface area contributed by atoms with Crippen molar-refractivity contribution in [2.75, 3.05) is 0 Å². The lowest BCUT2D eigenvalue weighted by molar-refractivity contribution is -0.384. The fourth-order valence-electron chi connectivity index (χ4n) is 2.22. The second kappa shape index (κ2) is 8.21. The topological polar surface area (TPSA) is 86.7 Å². The molecule has 0 saturated heterocycles. The van der Waals surface area contributed by atoms with E-state index in [1.54, 1.807) is 16.9 Å². The lowest BCUT2D eigenvalue weighted by Gasteiger charge is -1.99. The average Bonchev–Trinajstić information content (AvgIpc) is 3.00. The SMILES string of the molecule is CCCCCCCCn1nnc(-c2ccc([N+](=O)[O-])cc2)n1. The Bertz CT molecular complexity index is 594. The van der Waals surface area contributed by atoms with Crippen molar-refractivity contribution in [3.63, 3.8) is 0 Å². The normalized spacial score (nSPS) is 10.8. The van der Waals surface area contributed by atoms with Crippen molar-refractivity contribution in [2.45, 2.75) is 52.0 Å². The highest BCUT2D eigenvalue weighted by Gasteiger charge is 2.09. The fraction of sp³-hybridized carbons (Fsp3) is 0.533. The third-order valence-corrected chi connectivity index (χ3v) is 3.50. The molecule has 0 spiro atoms. The molecular weight excluding hydrogens is 282 g/mol. The summed E-state index contributed by atoms with van der Waals surface area (Å²) in [6.45, 7) is 2.96. The van der Waals surface area contributed by atoms with Crippen molar-refractivity contribution >= 4 is 5.69 Å². The van der Waals surface area contributed by atoms with Crippen molar-refractivity contribution in [3.05, 3.63) is 34.4 Å². The highest BCUT2D eigenvalue weighted by molar-refractivity contribution is 5.56. The van der Waals surface area contributed by atoms with E-state index in [0.29, 0.717) is 5.82 Å². The molecule has 0 saturated carbocycles. The molecule has 2 aromatic rings. The number of tetrazole rings is 1. The minimum atomic E-state index is -0.424. The van der Waals surface area contributed by atoms with Crippen molar-refractivity contribution < 1.29 is 4.92 Å². The van der Waals surface area contributed by atoms with E-state index in [1.165, 1.54) is 44.2 Å². The molecular formula is C15H21N5O2. The number of unbranched alkanes of at least 4 members (excludes halogenated alkanes) is 5. The standard InChI is InChI=1S/C15H21N5O2/c1-2-3-4-5-6-7-12-19-17-15(16-18-19)13-8-10-14(11-9-13)20(21)22/h8-11H,2-7,12H2,1H3. The summed E-state index contributed by atoms with van der Waals surface area (Å²) in [5.74, 6) is 0.501. The predicted molar refractivity (Wildman–Crippen MR) is 83.3 cm³/mol.